The molecule has 0 saturated heterocycles. The van der Waals surface area contributed by atoms with Crippen LogP contribution in [0.25, 0.3) is 11.4 Å². The van der Waals surface area contributed by atoms with Gasteiger partial charge >= 0.3 is 0 Å². The van der Waals surface area contributed by atoms with Gasteiger partial charge in [-0.1, -0.05) is 12.1 Å². The highest BCUT2D eigenvalue weighted by molar-refractivity contribution is 5.92. The van der Waals surface area contributed by atoms with Crippen LogP contribution in [0.2, 0.25) is 0 Å². The Morgan fingerprint density at radius 1 is 1.28 bits per heavy atom. The van der Waals surface area contributed by atoms with E-state index in [2.05, 4.69) is 25.4 Å². The van der Waals surface area contributed by atoms with Crippen LogP contribution in [-0.2, 0) is 24.8 Å². The van der Waals surface area contributed by atoms with Crippen LogP contribution in [-0.4, -0.2) is 59.7 Å². The molecule has 36 heavy (non-hydrogen) atoms. The SMILES string of the molecule is [2H]C([2H])([2H])OC([2H])([2H])[C@H]1Cn2cc(-c3nc(Nc4ccnn4C([2H])([2H])[2H])ncc3C)nc2C(=O)N1C([2H])([2H])c1ccc(C)c(F)c1. The maximum absolute atomic E-state index is 14.5. The molecule has 0 spiro atoms. The minimum atomic E-state index is -3.25. The van der Waals surface area contributed by atoms with Gasteiger partial charge in [-0.25, -0.2) is 19.3 Å². The molecule has 0 fully saturated rings. The fourth-order valence-corrected chi connectivity index (χ4v) is 3.72. The Kier molecular flexibility index (Phi) is 3.81. The lowest BCUT2D eigenvalue weighted by atomic mass is 10.1. The molecule has 1 N–H and O–H groups in total. The smallest absolute Gasteiger partial charge is 0.290 e. The van der Waals surface area contributed by atoms with Crippen LogP contribution in [0.4, 0.5) is 16.2 Å². The molecule has 0 radical (unpaired) electrons. The monoisotopic (exact) mass is 500 g/mol. The van der Waals surface area contributed by atoms with Crippen LogP contribution in [0.1, 0.15) is 41.0 Å². The summed E-state index contributed by atoms with van der Waals surface area (Å²) in [5, 5.41) is 6.57. The Morgan fingerprint density at radius 2 is 2.17 bits per heavy atom. The highest BCUT2D eigenvalue weighted by atomic mass is 19.1. The van der Waals surface area contributed by atoms with Gasteiger partial charge in [-0.15, -0.1) is 0 Å². The molecule has 1 aliphatic heterocycles. The summed E-state index contributed by atoms with van der Waals surface area (Å²) >= 11 is 0. The van der Waals surface area contributed by atoms with Gasteiger partial charge in [-0.2, -0.15) is 5.10 Å². The number of aromatic nitrogens is 6. The van der Waals surface area contributed by atoms with Crippen molar-refractivity contribution in [1.29, 1.82) is 0 Å². The summed E-state index contributed by atoms with van der Waals surface area (Å²) in [4.78, 5) is 27.4. The number of hydrogen-bond acceptors (Lipinski definition) is 7. The standard InChI is InChI=1S/C25H27FN8O2/c1-15-5-6-17(9-19(15)26)11-34-18(14-36-4)12-33-13-20(29-23(33)24(34)35)22-16(2)10-27-25(31-22)30-21-7-8-28-32(21)3/h5-10,13,18H,11-12,14H2,1-4H3,(H,27,30,31)/t18-/m1/s1/i3D3,4D3,11D2,14D2. The average Bonchev–Trinajstić information content (AvgIpc) is 3.57. The van der Waals surface area contributed by atoms with E-state index in [1.165, 1.54) is 48.3 Å². The maximum atomic E-state index is 14.5. The zero-order valence-corrected chi connectivity index (χ0v) is 19.2. The number of halogens is 1. The fourth-order valence-electron chi connectivity index (χ4n) is 3.72. The Morgan fingerprint density at radius 3 is 2.97 bits per heavy atom. The number of nitrogens with zero attached hydrogens (tertiary/aromatic N) is 7. The first-order valence-electron chi connectivity index (χ1n) is 15.7. The molecule has 1 aromatic carbocycles. The van der Waals surface area contributed by atoms with E-state index in [0.29, 0.717) is 10.5 Å². The van der Waals surface area contributed by atoms with E-state index in [1.807, 2.05) is 0 Å². The molecule has 1 amide bonds. The molecular weight excluding hydrogens is 463 g/mol. The Balaban J connectivity index is 1.58. The number of carbonyl (C=O) groups is 1. The number of carbonyl (C=O) groups excluding carboxylic acids is 1. The van der Waals surface area contributed by atoms with Crippen molar-refractivity contribution in [3.05, 3.63) is 71.2 Å². The van der Waals surface area contributed by atoms with Crippen LogP contribution in [0.15, 0.2) is 42.9 Å². The number of ether oxygens (including phenoxy) is 1. The van der Waals surface area contributed by atoms with E-state index >= 15 is 0 Å². The molecule has 0 bridgehead atoms. The number of hydrogen-bond donors (Lipinski definition) is 1. The lowest BCUT2D eigenvalue weighted by Gasteiger charge is -2.35. The second-order valence-corrected chi connectivity index (χ2v) is 8.07. The van der Waals surface area contributed by atoms with Crippen molar-refractivity contribution in [2.75, 3.05) is 18.9 Å². The summed E-state index contributed by atoms with van der Waals surface area (Å²) in [6.45, 7) is -5.95. The molecule has 186 valence electrons. The Bertz CT molecular complexity index is 1800. The molecule has 3 aromatic heterocycles. The van der Waals surface area contributed by atoms with Gasteiger partial charge in [0.15, 0.2) is 5.82 Å². The van der Waals surface area contributed by atoms with Gasteiger partial charge in [0, 0.05) is 49.6 Å². The first-order chi connectivity index (χ1) is 21.2. The number of imidazole rings is 1. The molecule has 4 aromatic rings. The van der Waals surface area contributed by atoms with Crippen LogP contribution >= 0.6 is 0 Å². The third-order valence-corrected chi connectivity index (χ3v) is 5.58. The number of fused-ring (bicyclic) bond motifs is 1. The largest absolute Gasteiger partial charge is 0.382 e. The molecule has 4 heterocycles. The lowest BCUT2D eigenvalue weighted by molar-refractivity contribution is 0.0380. The quantitative estimate of drug-likeness (QED) is 0.416. The van der Waals surface area contributed by atoms with Crippen molar-refractivity contribution in [3.8, 4) is 11.4 Å². The van der Waals surface area contributed by atoms with E-state index in [1.54, 1.807) is 6.92 Å². The van der Waals surface area contributed by atoms with Gasteiger partial charge in [0.05, 0.1) is 34.1 Å². The zero-order chi connectivity index (χ0) is 34.0. The van der Waals surface area contributed by atoms with Crippen molar-refractivity contribution in [2.45, 2.75) is 32.9 Å². The Hall–Kier alpha value is -4.12. The van der Waals surface area contributed by atoms with Crippen LogP contribution < -0.4 is 5.32 Å². The van der Waals surface area contributed by atoms with Crippen molar-refractivity contribution in [2.24, 2.45) is 6.98 Å². The second-order valence-electron chi connectivity index (χ2n) is 8.07. The molecule has 5 rings (SSSR count). The highest BCUT2D eigenvalue weighted by Gasteiger charge is 2.35. The zero-order valence-electron chi connectivity index (χ0n) is 29.2. The van der Waals surface area contributed by atoms with Crippen molar-refractivity contribution < 1.29 is 27.6 Å². The number of rotatable bonds is 7. The number of benzene rings is 1. The lowest BCUT2D eigenvalue weighted by Crippen LogP contribution is -2.49. The first kappa shape index (κ1) is 14.4. The van der Waals surface area contributed by atoms with Crippen LogP contribution in [0.3, 0.4) is 0 Å². The summed E-state index contributed by atoms with van der Waals surface area (Å²) in [6, 6.07) is 2.96. The molecule has 1 atom stereocenters. The summed E-state index contributed by atoms with van der Waals surface area (Å²) < 4.78 is 101. The van der Waals surface area contributed by atoms with Crippen LogP contribution in [0.5, 0.6) is 0 Å². The second kappa shape index (κ2) is 9.50. The average molecular weight is 501 g/mol. The van der Waals surface area contributed by atoms with Gasteiger partial charge in [0.25, 0.3) is 5.91 Å². The molecule has 1 aliphatic rings. The molecule has 0 aliphatic carbocycles. The van der Waals surface area contributed by atoms with E-state index < -0.39 is 51.4 Å². The van der Waals surface area contributed by atoms with Crippen molar-refractivity contribution in [1.82, 2.24) is 34.2 Å². The normalized spacial score (nSPS) is 20.9. The van der Waals surface area contributed by atoms with Gasteiger partial charge in [-0.05, 0) is 36.6 Å². The summed E-state index contributed by atoms with van der Waals surface area (Å²) in [5.74, 6) is -2.19. The number of methoxy groups -OCH3 is 1. The number of aryl methyl sites for hydroxylation is 3. The molecule has 10 nitrogen and oxygen atoms in total. The molecule has 11 heteroatoms. The minimum absolute atomic E-state index is 0.0384. The number of anilines is 2. The number of nitrogens with one attached hydrogen (secondary N) is 1. The first-order valence-corrected chi connectivity index (χ1v) is 10.7. The summed E-state index contributed by atoms with van der Waals surface area (Å²) in [5.41, 5.74) is 0.658. The highest BCUT2D eigenvalue weighted by Crippen LogP contribution is 2.27. The topological polar surface area (TPSA) is 103 Å². The maximum Gasteiger partial charge on any atom is 0.290 e. The molecule has 0 unspecified atom stereocenters. The van der Waals surface area contributed by atoms with Crippen molar-refractivity contribution in [3.63, 3.8) is 0 Å². The van der Waals surface area contributed by atoms with Gasteiger partial charge in [-0.3, -0.25) is 9.48 Å². The number of amides is 1. The van der Waals surface area contributed by atoms with E-state index in [4.69, 9.17) is 18.4 Å². The third kappa shape index (κ3) is 4.44. The fraction of sp³-hybridized carbons (Fsp3) is 0.320. The summed E-state index contributed by atoms with van der Waals surface area (Å²) in [7, 11) is -3.25. The van der Waals surface area contributed by atoms with Gasteiger partial charge in [0.1, 0.15) is 17.3 Å². The van der Waals surface area contributed by atoms with E-state index in [0.717, 1.165) is 10.7 Å². The Labute approximate surface area is 221 Å². The van der Waals surface area contributed by atoms with E-state index in [-0.39, 0.29) is 40.1 Å². The predicted molar refractivity (Wildman–Crippen MR) is 131 cm³/mol. The van der Waals surface area contributed by atoms with Crippen molar-refractivity contribution >= 4 is 17.7 Å². The predicted octanol–water partition coefficient (Wildman–Crippen LogP) is 3.24. The minimum Gasteiger partial charge on any atom is -0.382 e. The summed E-state index contributed by atoms with van der Waals surface area (Å²) in [6.07, 6.45) is 4.05. The van der Waals surface area contributed by atoms with Gasteiger partial charge < -0.3 is 19.5 Å². The van der Waals surface area contributed by atoms with Gasteiger partial charge in [0.2, 0.25) is 5.95 Å². The molecular formula is C25H27FN8O2. The third-order valence-electron chi connectivity index (χ3n) is 5.58. The molecule has 0 saturated carbocycles. The van der Waals surface area contributed by atoms with E-state index in [9.17, 15) is 9.18 Å². The van der Waals surface area contributed by atoms with Crippen LogP contribution in [0, 0.1) is 19.7 Å².